The van der Waals surface area contributed by atoms with Crippen LogP contribution in [0.15, 0.2) is 90.0 Å². The van der Waals surface area contributed by atoms with Crippen LogP contribution in [0, 0.1) is 6.92 Å². The second-order valence-corrected chi connectivity index (χ2v) is 9.97. The van der Waals surface area contributed by atoms with E-state index in [0.717, 1.165) is 11.3 Å². The van der Waals surface area contributed by atoms with Crippen LogP contribution in [0.25, 0.3) is 16.9 Å². The van der Waals surface area contributed by atoms with E-state index >= 15 is 0 Å². The molecule has 0 aliphatic rings. The highest BCUT2D eigenvalue weighted by Crippen LogP contribution is 2.27. The van der Waals surface area contributed by atoms with Gasteiger partial charge in [-0.1, -0.05) is 68.4 Å². The molecule has 0 radical (unpaired) electrons. The van der Waals surface area contributed by atoms with Gasteiger partial charge in [-0.3, -0.25) is 4.79 Å². The topological polar surface area (TPSA) is 84.3 Å². The molecule has 1 heterocycles. The molecule has 0 atom stereocenters. The van der Waals surface area contributed by atoms with Crippen molar-refractivity contribution in [3.63, 3.8) is 0 Å². The summed E-state index contributed by atoms with van der Waals surface area (Å²) in [6.07, 6.45) is 1.69. The number of benzene rings is 3. The normalized spacial score (nSPS) is 11.5. The minimum atomic E-state index is -3.67. The Labute approximate surface area is 206 Å². The quantitative estimate of drug-likeness (QED) is 0.373. The highest BCUT2D eigenvalue weighted by Gasteiger charge is 2.25. The number of nitrogens with zero attached hydrogens (tertiary/aromatic N) is 3. The molecule has 1 amide bonds. The monoisotopic (exact) mass is 488 g/mol. The largest absolute Gasteiger partial charge is 0.322 e. The lowest BCUT2D eigenvalue weighted by Gasteiger charge is -2.20. The molecule has 0 unspecified atom stereocenters. The molecular weight excluding hydrogens is 460 g/mol. The zero-order chi connectivity index (χ0) is 25.0. The molecule has 0 spiro atoms. The standard InChI is InChI=1S/C27H28N4O3S/c1-4-30(5-2)35(33,34)25-18-22(17-16-20(25)3)28-27(32)24-19-31(23-14-10-7-11-15-23)29-26(24)21-12-8-6-9-13-21/h6-19H,4-5H2,1-3H3,(H,28,32). The van der Waals surface area contributed by atoms with Gasteiger partial charge in [-0.15, -0.1) is 0 Å². The number of hydrogen-bond donors (Lipinski definition) is 1. The Bertz CT molecular complexity index is 1430. The van der Waals surface area contributed by atoms with Gasteiger partial charge >= 0.3 is 0 Å². The van der Waals surface area contributed by atoms with Gasteiger partial charge in [0.15, 0.2) is 0 Å². The number of hydrogen-bond acceptors (Lipinski definition) is 4. The van der Waals surface area contributed by atoms with Gasteiger partial charge in [0.2, 0.25) is 10.0 Å². The predicted molar refractivity (Wildman–Crippen MR) is 138 cm³/mol. The Kier molecular flexibility index (Phi) is 7.14. The van der Waals surface area contributed by atoms with Gasteiger partial charge in [-0.05, 0) is 36.8 Å². The lowest BCUT2D eigenvalue weighted by atomic mass is 10.1. The van der Waals surface area contributed by atoms with Crippen molar-refractivity contribution in [2.75, 3.05) is 18.4 Å². The third-order valence-electron chi connectivity index (χ3n) is 5.80. The van der Waals surface area contributed by atoms with Gasteiger partial charge in [-0.2, -0.15) is 9.40 Å². The highest BCUT2D eigenvalue weighted by atomic mass is 32.2. The maximum atomic E-state index is 13.4. The minimum absolute atomic E-state index is 0.183. The number of anilines is 1. The lowest BCUT2D eigenvalue weighted by Crippen LogP contribution is -2.31. The molecule has 4 rings (SSSR count). The van der Waals surface area contributed by atoms with E-state index < -0.39 is 10.0 Å². The second kappa shape index (κ2) is 10.2. The van der Waals surface area contributed by atoms with E-state index in [1.807, 2.05) is 60.7 Å². The highest BCUT2D eigenvalue weighted by molar-refractivity contribution is 7.89. The number of aromatic nitrogens is 2. The number of aryl methyl sites for hydroxylation is 1. The van der Waals surface area contributed by atoms with Crippen LogP contribution in [0.1, 0.15) is 29.8 Å². The van der Waals surface area contributed by atoms with Crippen LogP contribution in [0.2, 0.25) is 0 Å². The molecule has 1 aromatic heterocycles. The van der Waals surface area contributed by atoms with Gasteiger partial charge in [-0.25, -0.2) is 13.1 Å². The summed E-state index contributed by atoms with van der Waals surface area (Å²) < 4.78 is 29.3. The summed E-state index contributed by atoms with van der Waals surface area (Å²) in [7, 11) is -3.67. The van der Waals surface area contributed by atoms with Crippen molar-refractivity contribution < 1.29 is 13.2 Å². The zero-order valence-corrected chi connectivity index (χ0v) is 20.8. The Morgan fingerprint density at radius 2 is 1.57 bits per heavy atom. The molecule has 8 heteroatoms. The average molecular weight is 489 g/mol. The van der Waals surface area contributed by atoms with Crippen molar-refractivity contribution in [1.29, 1.82) is 0 Å². The first kappa shape index (κ1) is 24.4. The van der Waals surface area contributed by atoms with Crippen LogP contribution in [-0.2, 0) is 10.0 Å². The number of carbonyl (C=O) groups excluding carboxylic acids is 1. The van der Waals surface area contributed by atoms with Crippen molar-refractivity contribution >= 4 is 21.6 Å². The summed E-state index contributed by atoms with van der Waals surface area (Å²) in [5, 5.41) is 7.56. The van der Waals surface area contributed by atoms with Crippen LogP contribution in [0.4, 0.5) is 5.69 Å². The van der Waals surface area contributed by atoms with E-state index in [4.69, 9.17) is 0 Å². The first-order valence-electron chi connectivity index (χ1n) is 11.5. The average Bonchev–Trinajstić information content (AvgIpc) is 3.33. The van der Waals surface area contributed by atoms with Gasteiger partial charge in [0.25, 0.3) is 5.91 Å². The van der Waals surface area contributed by atoms with E-state index in [9.17, 15) is 13.2 Å². The summed E-state index contributed by atoms with van der Waals surface area (Å²) in [6, 6.07) is 24.0. The molecule has 3 aromatic carbocycles. The molecule has 0 saturated carbocycles. The van der Waals surface area contributed by atoms with Gasteiger partial charge < -0.3 is 5.32 Å². The van der Waals surface area contributed by atoms with Crippen LogP contribution < -0.4 is 5.32 Å². The molecule has 0 bridgehead atoms. The Balaban J connectivity index is 1.72. The molecule has 1 N–H and O–H groups in total. The Morgan fingerprint density at radius 3 is 2.20 bits per heavy atom. The van der Waals surface area contributed by atoms with Crippen molar-refractivity contribution in [2.45, 2.75) is 25.7 Å². The van der Waals surface area contributed by atoms with E-state index in [1.54, 1.807) is 43.8 Å². The number of carbonyl (C=O) groups is 1. The SMILES string of the molecule is CCN(CC)S(=O)(=O)c1cc(NC(=O)c2cn(-c3ccccc3)nc2-c2ccccc2)ccc1C. The summed E-state index contributed by atoms with van der Waals surface area (Å²) in [4.78, 5) is 13.6. The lowest BCUT2D eigenvalue weighted by molar-refractivity contribution is 0.102. The summed E-state index contributed by atoms with van der Waals surface area (Å²) in [5.41, 5.74) is 3.58. The van der Waals surface area contributed by atoms with Crippen LogP contribution in [0.5, 0.6) is 0 Å². The number of amides is 1. The molecule has 0 aliphatic heterocycles. The van der Waals surface area contributed by atoms with E-state index in [1.165, 1.54) is 10.4 Å². The maximum absolute atomic E-state index is 13.4. The first-order valence-corrected chi connectivity index (χ1v) is 12.9. The summed E-state index contributed by atoms with van der Waals surface area (Å²) in [6.45, 7) is 6.09. The Hall–Kier alpha value is -3.75. The smallest absolute Gasteiger partial charge is 0.259 e. The maximum Gasteiger partial charge on any atom is 0.259 e. The third kappa shape index (κ3) is 5.03. The van der Waals surface area contributed by atoms with Crippen LogP contribution >= 0.6 is 0 Å². The molecule has 180 valence electrons. The molecule has 7 nitrogen and oxygen atoms in total. The van der Waals surface area contributed by atoms with E-state index in [-0.39, 0.29) is 10.8 Å². The van der Waals surface area contributed by atoms with Crippen molar-refractivity contribution in [2.24, 2.45) is 0 Å². The van der Waals surface area contributed by atoms with Gasteiger partial charge in [0, 0.05) is 30.5 Å². The molecule has 35 heavy (non-hydrogen) atoms. The summed E-state index contributed by atoms with van der Waals surface area (Å²) >= 11 is 0. The zero-order valence-electron chi connectivity index (χ0n) is 20.0. The van der Waals surface area contributed by atoms with E-state index in [0.29, 0.717) is 35.6 Å². The van der Waals surface area contributed by atoms with Crippen molar-refractivity contribution in [1.82, 2.24) is 14.1 Å². The molecule has 0 saturated heterocycles. The van der Waals surface area contributed by atoms with Crippen LogP contribution in [-0.4, -0.2) is 41.5 Å². The Morgan fingerprint density at radius 1 is 0.943 bits per heavy atom. The first-order chi connectivity index (χ1) is 16.8. The number of rotatable bonds is 8. The third-order valence-corrected chi connectivity index (χ3v) is 7.99. The fourth-order valence-electron chi connectivity index (χ4n) is 3.92. The minimum Gasteiger partial charge on any atom is -0.322 e. The van der Waals surface area contributed by atoms with Crippen molar-refractivity contribution in [3.8, 4) is 16.9 Å². The number of para-hydroxylation sites is 1. The van der Waals surface area contributed by atoms with Gasteiger partial charge in [0.05, 0.1) is 16.1 Å². The number of sulfonamides is 1. The van der Waals surface area contributed by atoms with Gasteiger partial charge in [0.1, 0.15) is 5.69 Å². The predicted octanol–water partition coefficient (Wildman–Crippen LogP) is 5.13. The molecule has 0 fully saturated rings. The van der Waals surface area contributed by atoms with Crippen molar-refractivity contribution in [3.05, 3.63) is 96.2 Å². The molecular formula is C27H28N4O3S. The molecule has 0 aliphatic carbocycles. The van der Waals surface area contributed by atoms with Crippen LogP contribution in [0.3, 0.4) is 0 Å². The fourth-order valence-corrected chi connectivity index (χ4v) is 5.63. The second-order valence-electron chi connectivity index (χ2n) is 8.06. The summed E-state index contributed by atoms with van der Waals surface area (Å²) in [5.74, 6) is -0.374. The van der Waals surface area contributed by atoms with E-state index in [2.05, 4.69) is 10.4 Å². The molecule has 4 aromatic rings. The number of nitrogens with one attached hydrogen (secondary N) is 1. The fraction of sp³-hybridized carbons (Fsp3) is 0.185.